The Hall–Kier alpha value is -4.10. The van der Waals surface area contributed by atoms with Crippen LogP contribution in [-0.2, 0) is 25.9 Å². The van der Waals surface area contributed by atoms with Crippen molar-refractivity contribution in [3.63, 3.8) is 0 Å². The van der Waals surface area contributed by atoms with Gasteiger partial charge in [-0.1, -0.05) is 40.7 Å². The summed E-state index contributed by atoms with van der Waals surface area (Å²) in [5, 5.41) is 12.2. The smallest absolute Gasteiger partial charge is 0.198 e. The molecular weight excluding hydrogens is 938 g/mol. The number of hydrogen-bond acceptors (Lipinski definition) is 13. The zero-order chi connectivity index (χ0) is 42.9. The Morgan fingerprint density at radius 3 is 1.53 bits per heavy atom. The van der Waals surface area contributed by atoms with E-state index in [1.165, 1.54) is 19.6 Å². The predicted octanol–water partition coefficient (Wildman–Crippen LogP) is 8.42. The number of nitrogens with two attached hydrogens (primary N) is 1. The van der Waals surface area contributed by atoms with E-state index in [2.05, 4.69) is 109 Å². The van der Waals surface area contributed by atoms with E-state index in [4.69, 9.17) is 24.7 Å². The summed E-state index contributed by atoms with van der Waals surface area (Å²) in [6.07, 6.45) is 1.59. The Morgan fingerprint density at radius 1 is 0.621 bits per heavy atom. The van der Waals surface area contributed by atoms with E-state index in [9.17, 15) is 0 Å². The minimum absolute atomic E-state index is 0.479. The first-order valence-corrected chi connectivity index (χ1v) is 21.3. The Labute approximate surface area is 366 Å². The van der Waals surface area contributed by atoms with Crippen LogP contribution in [0.1, 0.15) is 68.8 Å². The molecule has 0 saturated heterocycles. The predicted molar refractivity (Wildman–Crippen MR) is 241 cm³/mol. The van der Waals surface area contributed by atoms with E-state index in [-0.39, 0.29) is 0 Å². The molecule has 0 atom stereocenters. The summed E-state index contributed by atoms with van der Waals surface area (Å²) in [7, 11) is 6.52. The van der Waals surface area contributed by atoms with Crippen molar-refractivity contribution in [1.29, 1.82) is 0 Å². The molecule has 0 fully saturated rings. The number of halogens is 3. The first-order valence-electron chi connectivity index (χ1n) is 18.9. The van der Waals surface area contributed by atoms with Crippen LogP contribution >= 0.6 is 47.8 Å². The lowest BCUT2D eigenvalue weighted by molar-refractivity contribution is 0.321. The minimum atomic E-state index is 0.479. The molecule has 0 saturated carbocycles. The zero-order valence-corrected chi connectivity index (χ0v) is 40.0. The number of nitrogens with zero attached hydrogens (tertiary/aromatic N) is 9. The van der Waals surface area contributed by atoms with E-state index < -0.39 is 0 Å². The maximum Gasteiger partial charge on any atom is 0.198 e. The number of ether oxygens (including phenoxy) is 4. The molecule has 4 aromatic heterocycles. The average Bonchev–Trinajstić information content (AvgIpc) is 3.91. The summed E-state index contributed by atoms with van der Waals surface area (Å²) in [4.78, 5) is 20.1. The molecular formula is C40H56Br3N11O4. The zero-order valence-electron chi connectivity index (χ0n) is 35.3. The Morgan fingerprint density at radius 2 is 1.09 bits per heavy atom. The molecule has 4 heterocycles. The number of aryl methyl sites for hydroxylation is 4. The minimum Gasteiger partial charge on any atom is -0.497 e. The number of anilines is 1. The Kier molecular flexibility index (Phi) is 20.1. The third-order valence-corrected chi connectivity index (χ3v) is 11.0. The maximum atomic E-state index is 5.50. The normalized spacial score (nSPS) is 10.6. The van der Waals surface area contributed by atoms with Crippen LogP contribution in [0.15, 0.2) is 50.2 Å². The van der Waals surface area contributed by atoms with Gasteiger partial charge in [-0.05, 0) is 99.5 Å². The fourth-order valence-electron chi connectivity index (χ4n) is 5.37. The van der Waals surface area contributed by atoms with Gasteiger partial charge in [0.2, 0.25) is 0 Å². The fraction of sp³-hybridized carbons (Fsp3) is 0.450. The summed E-state index contributed by atoms with van der Waals surface area (Å²) in [5.74, 6) is 5.35. The number of hydrogen-bond donors (Lipinski definition) is 2. The topological polar surface area (TPSA) is 164 Å². The first-order chi connectivity index (χ1) is 27.9. The van der Waals surface area contributed by atoms with Crippen LogP contribution in [0.25, 0.3) is 11.3 Å². The maximum absolute atomic E-state index is 5.50. The molecule has 0 amide bonds. The second-order valence-corrected chi connectivity index (χ2v) is 14.6. The van der Waals surface area contributed by atoms with Gasteiger partial charge in [-0.3, -0.25) is 0 Å². The molecule has 0 radical (unpaired) electrons. The van der Waals surface area contributed by atoms with Gasteiger partial charge in [-0.25, -0.2) is 29.0 Å². The SMILES string of the molecule is CCN(CC)CC.CCc1nc2c(Br)nc(Br)c(C)n2n1.CCc1nc2c(NCc3ccc(OC)cc3OC)nc(Br)c(C)n2n1.COc1ccc(CN)c(OC)c1. The highest BCUT2D eigenvalue weighted by Crippen LogP contribution is 2.27. The number of nitrogens with one attached hydrogen (secondary N) is 1. The molecule has 0 aliphatic rings. The summed E-state index contributed by atoms with van der Waals surface area (Å²) in [6, 6.07) is 11.3. The molecule has 0 bridgehead atoms. The van der Waals surface area contributed by atoms with E-state index in [0.717, 1.165) is 84.9 Å². The molecule has 15 nitrogen and oxygen atoms in total. The van der Waals surface area contributed by atoms with Crippen molar-refractivity contribution in [1.82, 2.24) is 44.1 Å². The summed E-state index contributed by atoms with van der Waals surface area (Å²) in [6.45, 7) is 19.1. The van der Waals surface area contributed by atoms with Gasteiger partial charge in [-0.2, -0.15) is 10.2 Å². The number of fused-ring (bicyclic) bond motifs is 2. The van der Waals surface area contributed by atoms with Gasteiger partial charge in [0.25, 0.3) is 0 Å². The van der Waals surface area contributed by atoms with Crippen molar-refractivity contribution < 1.29 is 18.9 Å². The molecule has 316 valence electrons. The fourth-order valence-corrected chi connectivity index (χ4v) is 6.73. The lowest BCUT2D eigenvalue weighted by atomic mass is 10.2. The van der Waals surface area contributed by atoms with Crippen LogP contribution in [0, 0.1) is 13.8 Å². The van der Waals surface area contributed by atoms with Gasteiger partial charge in [0, 0.05) is 49.2 Å². The molecule has 0 aliphatic carbocycles. The molecule has 3 N–H and O–H groups in total. The highest BCUT2D eigenvalue weighted by atomic mass is 79.9. The lowest BCUT2D eigenvalue weighted by Crippen LogP contribution is -2.21. The van der Waals surface area contributed by atoms with Gasteiger partial charge in [0.1, 0.15) is 32.2 Å². The second kappa shape index (κ2) is 24.1. The summed E-state index contributed by atoms with van der Waals surface area (Å²) >= 11 is 10.2. The Balaban J connectivity index is 0.000000231. The van der Waals surface area contributed by atoms with Crippen molar-refractivity contribution in [2.75, 3.05) is 53.4 Å². The van der Waals surface area contributed by atoms with Crippen molar-refractivity contribution in [3.8, 4) is 23.0 Å². The average molecular weight is 995 g/mol. The lowest BCUT2D eigenvalue weighted by Gasteiger charge is -2.13. The molecule has 0 aliphatic heterocycles. The molecule has 6 aromatic rings. The number of methoxy groups -OCH3 is 4. The monoisotopic (exact) mass is 991 g/mol. The van der Waals surface area contributed by atoms with E-state index in [0.29, 0.717) is 29.2 Å². The highest BCUT2D eigenvalue weighted by Gasteiger charge is 2.15. The van der Waals surface area contributed by atoms with Crippen molar-refractivity contribution >= 4 is 64.9 Å². The molecule has 0 spiro atoms. The van der Waals surface area contributed by atoms with Crippen LogP contribution in [0.3, 0.4) is 0 Å². The Bertz CT molecular complexity index is 2210. The van der Waals surface area contributed by atoms with Crippen LogP contribution < -0.4 is 30.0 Å². The van der Waals surface area contributed by atoms with E-state index in [1.807, 2.05) is 68.6 Å². The van der Waals surface area contributed by atoms with Crippen molar-refractivity contribution in [3.05, 3.63) is 84.4 Å². The number of aromatic nitrogens is 8. The van der Waals surface area contributed by atoms with Crippen LogP contribution in [-0.4, -0.2) is 92.1 Å². The number of benzene rings is 2. The number of rotatable bonds is 13. The van der Waals surface area contributed by atoms with Gasteiger partial charge >= 0.3 is 0 Å². The van der Waals surface area contributed by atoms with E-state index in [1.54, 1.807) is 33.0 Å². The van der Waals surface area contributed by atoms with Gasteiger partial charge in [0.15, 0.2) is 33.4 Å². The van der Waals surface area contributed by atoms with Gasteiger partial charge in [0.05, 0.1) is 39.8 Å². The van der Waals surface area contributed by atoms with Crippen LogP contribution in [0.4, 0.5) is 5.82 Å². The standard InChI is InChI=1S/C17H20BrN5O2.C9H13NO2.C8H8Br2N4.C6H15N/c1-5-14-20-17-16(21-15(18)10(2)23(17)22-14)19-9-11-6-7-12(24-3)8-13(11)25-4;1-11-8-4-3-7(6-10)9(5-8)12-2;1-3-5-11-8-7(10)12-6(9)4(2)14(8)13-5;1-4-7(5-2)6-3/h6-8H,5,9H2,1-4H3,(H,19,21);3-5H,6,10H2,1-2H3;3H2,1-2H3;4-6H2,1-3H3. The third kappa shape index (κ3) is 12.7. The summed E-state index contributed by atoms with van der Waals surface area (Å²) < 4.78 is 26.7. The molecule has 2 aromatic carbocycles. The van der Waals surface area contributed by atoms with Crippen molar-refractivity contribution in [2.45, 2.75) is 74.4 Å². The van der Waals surface area contributed by atoms with Gasteiger partial charge in [-0.15, -0.1) is 0 Å². The molecule has 6 rings (SSSR count). The largest absolute Gasteiger partial charge is 0.497 e. The first kappa shape index (κ1) is 48.3. The molecule has 18 heteroatoms. The molecule has 58 heavy (non-hydrogen) atoms. The quantitative estimate of drug-likeness (QED) is 0.113. The highest BCUT2D eigenvalue weighted by molar-refractivity contribution is 9.11. The van der Waals surface area contributed by atoms with Gasteiger partial charge < -0.3 is 34.9 Å². The van der Waals surface area contributed by atoms with Crippen LogP contribution in [0.5, 0.6) is 23.0 Å². The second-order valence-electron chi connectivity index (χ2n) is 12.4. The molecule has 0 unspecified atom stereocenters. The third-order valence-electron chi connectivity index (χ3n) is 8.97. The van der Waals surface area contributed by atoms with E-state index >= 15 is 0 Å². The van der Waals surface area contributed by atoms with Crippen LogP contribution in [0.2, 0.25) is 0 Å². The van der Waals surface area contributed by atoms with Crippen molar-refractivity contribution in [2.24, 2.45) is 5.73 Å². The summed E-state index contributed by atoms with van der Waals surface area (Å²) in [5.41, 5.74) is 10.8.